The molecule has 0 saturated carbocycles. The van der Waals surface area contributed by atoms with E-state index < -0.39 is 0 Å². The number of halogens is 1. The van der Waals surface area contributed by atoms with Crippen molar-refractivity contribution in [2.24, 2.45) is 0 Å². The van der Waals surface area contributed by atoms with Gasteiger partial charge in [-0.25, -0.2) is 0 Å². The third-order valence-corrected chi connectivity index (χ3v) is 4.52. The highest BCUT2D eigenvalue weighted by atomic mass is 79.9. The van der Waals surface area contributed by atoms with E-state index in [2.05, 4.69) is 51.6 Å². The first-order chi connectivity index (χ1) is 8.72. The largest absolute Gasteiger partial charge is 0.317 e. The fraction of sp³-hybridized carbons (Fsp3) is 0.714. The van der Waals surface area contributed by atoms with Crippen LogP contribution in [-0.2, 0) is 6.54 Å². The molecule has 2 nitrogen and oxygen atoms in total. The van der Waals surface area contributed by atoms with Crippen LogP contribution < -0.4 is 5.32 Å². The first-order valence-electron chi connectivity index (χ1n) is 6.84. The molecule has 0 amide bonds. The summed E-state index contributed by atoms with van der Waals surface area (Å²) >= 11 is 5.28. The Hall–Kier alpha value is 0.100. The molecule has 0 aliphatic heterocycles. The molecule has 1 heterocycles. The van der Waals surface area contributed by atoms with Gasteiger partial charge < -0.3 is 10.2 Å². The highest BCUT2D eigenvalue weighted by Crippen LogP contribution is 2.21. The molecule has 0 fully saturated rings. The fourth-order valence-electron chi connectivity index (χ4n) is 1.98. The lowest BCUT2D eigenvalue weighted by molar-refractivity contribution is 0.317. The lowest BCUT2D eigenvalue weighted by Gasteiger charge is -2.15. The monoisotopic (exact) mass is 332 g/mol. The lowest BCUT2D eigenvalue weighted by atomic mass is 10.2. The summed E-state index contributed by atoms with van der Waals surface area (Å²) in [5.74, 6) is 0. The van der Waals surface area contributed by atoms with Crippen molar-refractivity contribution in [1.29, 1.82) is 0 Å². The third kappa shape index (κ3) is 7.52. The van der Waals surface area contributed by atoms with E-state index in [1.165, 1.54) is 48.1 Å². The number of unbranched alkanes of at least 4 members (excludes halogenated alkanes) is 3. The Morgan fingerprint density at radius 2 is 2.06 bits per heavy atom. The summed E-state index contributed by atoms with van der Waals surface area (Å²) in [7, 11) is 2.21. The van der Waals surface area contributed by atoms with Crippen LogP contribution in [0.3, 0.4) is 0 Å². The highest BCUT2D eigenvalue weighted by Gasteiger charge is 2.02. The SMILES string of the molecule is CCNCCCCCCN(C)Cc1csc(Br)c1. The molecule has 1 rings (SSSR count). The molecule has 1 N–H and O–H groups in total. The molecule has 0 radical (unpaired) electrons. The van der Waals surface area contributed by atoms with Crippen molar-refractivity contribution in [1.82, 2.24) is 10.2 Å². The van der Waals surface area contributed by atoms with Gasteiger partial charge in [0, 0.05) is 6.54 Å². The Labute approximate surface area is 124 Å². The van der Waals surface area contributed by atoms with Gasteiger partial charge in [0.2, 0.25) is 0 Å². The molecule has 18 heavy (non-hydrogen) atoms. The van der Waals surface area contributed by atoms with Crippen molar-refractivity contribution < 1.29 is 0 Å². The summed E-state index contributed by atoms with van der Waals surface area (Å²) in [5.41, 5.74) is 1.42. The fourth-order valence-corrected chi connectivity index (χ4v) is 3.18. The molecular weight excluding hydrogens is 308 g/mol. The van der Waals surface area contributed by atoms with Crippen LogP contribution in [0.5, 0.6) is 0 Å². The summed E-state index contributed by atoms with van der Waals surface area (Å²) in [6.07, 6.45) is 5.33. The van der Waals surface area contributed by atoms with Gasteiger partial charge in [-0.3, -0.25) is 0 Å². The standard InChI is InChI=1S/C14H25BrN2S/c1-3-16-8-6-4-5-7-9-17(2)11-13-10-14(15)18-12-13/h10,12,16H,3-9,11H2,1-2H3. The van der Waals surface area contributed by atoms with Gasteiger partial charge in [0.1, 0.15) is 0 Å². The number of hydrogen-bond acceptors (Lipinski definition) is 3. The Bertz CT molecular complexity index is 314. The van der Waals surface area contributed by atoms with E-state index in [0.29, 0.717) is 0 Å². The molecule has 104 valence electrons. The average Bonchev–Trinajstić information content (AvgIpc) is 2.73. The molecule has 1 aromatic rings. The minimum Gasteiger partial charge on any atom is -0.317 e. The summed E-state index contributed by atoms with van der Waals surface area (Å²) in [4.78, 5) is 2.42. The Kier molecular flexibility index (Phi) is 8.94. The van der Waals surface area contributed by atoms with E-state index >= 15 is 0 Å². The van der Waals surface area contributed by atoms with E-state index in [0.717, 1.165) is 13.1 Å². The molecule has 0 atom stereocenters. The molecule has 0 aliphatic carbocycles. The second kappa shape index (κ2) is 9.96. The van der Waals surface area contributed by atoms with Gasteiger partial charge in [-0.15, -0.1) is 11.3 Å². The maximum Gasteiger partial charge on any atom is 0.0701 e. The van der Waals surface area contributed by atoms with Crippen LogP contribution in [0.2, 0.25) is 0 Å². The summed E-state index contributed by atoms with van der Waals surface area (Å²) in [6, 6.07) is 2.22. The molecular formula is C14H25BrN2S. The zero-order valence-corrected chi connectivity index (χ0v) is 13.9. The van der Waals surface area contributed by atoms with Crippen LogP contribution in [0.15, 0.2) is 15.2 Å². The van der Waals surface area contributed by atoms with Crippen LogP contribution in [0.25, 0.3) is 0 Å². The zero-order valence-electron chi connectivity index (χ0n) is 11.5. The van der Waals surface area contributed by atoms with E-state index in [9.17, 15) is 0 Å². The quantitative estimate of drug-likeness (QED) is 0.648. The van der Waals surface area contributed by atoms with Gasteiger partial charge in [0.05, 0.1) is 3.79 Å². The van der Waals surface area contributed by atoms with Crippen LogP contribution >= 0.6 is 27.3 Å². The molecule has 4 heteroatoms. The van der Waals surface area contributed by atoms with Crippen molar-refractivity contribution >= 4 is 27.3 Å². The second-order valence-electron chi connectivity index (χ2n) is 4.76. The van der Waals surface area contributed by atoms with Gasteiger partial charge in [-0.1, -0.05) is 19.8 Å². The number of thiophene rings is 1. The maximum absolute atomic E-state index is 3.51. The molecule has 0 aliphatic rings. The Balaban J connectivity index is 1.98. The van der Waals surface area contributed by atoms with Crippen molar-refractivity contribution in [2.45, 2.75) is 39.2 Å². The van der Waals surface area contributed by atoms with Crippen molar-refractivity contribution in [3.63, 3.8) is 0 Å². The zero-order chi connectivity index (χ0) is 13.2. The van der Waals surface area contributed by atoms with Gasteiger partial charge in [-0.2, -0.15) is 0 Å². The van der Waals surface area contributed by atoms with Crippen LogP contribution in [-0.4, -0.2) is 31.6 Å². The summed E-state index contributed by atoms with van der Waals surface area (Å²) < 4.78 is 1.23. The van der Waals surface area contributed by atoms with Gasteiger partial charge in [0.25, 0.3) is 0 Å². The van der Waals surface area contributed by atoms with E-state index in [-0.39, 0.29) is 0 Å². The third-order valence-electron chi connectivity index (χ3n) is 2.97. The van der Waals surface area contributed by atoms with E-state index in [4.69, 9.17) is 0 Å². The minimum absolute atomic E-state index is 1.07. The molecule has 0 aromatic carbocycles. The molecule has 0 bridgehead atoms. The second-order valence-corrected chi connectivity index (χ2v) is 7.06. The van der Waals surface area contributed by atoms with Crippen LogP contribution in [0.1, 0.15) is 38.2 Å². The number of nitrogens with zero attached hydrogens (tertiary/aromatic N) is 1. The Morgan fingerprint density at radius 3 is 2.72 bits per heavy atom. The maximum atomic E-state index is 3.51. The van der Waals surface area contributed by atoms with Crippen LogP contribution in [0, 0.1) is 0 Å². The summed E-state index contributed by atoms with van der Waals surface area (Å²) in [6.45, 7) is 6.71. The molecule has 0 unspecified atom stereocenters. The lowest BCUT2D eigenvalue weighted by Crippen LogP contribution is -2.19. The topological polar surface area (TPSA) is 15.3 Å². The molecule has 0 saturated heterocycles. The van der Waals surface area contributed by atoms with Crippen molar-refractivity contribution in [3.8, 4) is 0 Å². The van der Waals surface area contributed by atoms with Gasteiger partial charge in [-0.05, 0) is 72.5 Å². The first-order valence-corrected chi connectivity index (χ1v) is 8.51. The number of nitrogens with one attached hydrogen (secondary N) is 1. The Morgan fingerprint density at radius 1 is 1.28 bits per heavy atom. The van der Waals surface area contributed by atoms with Gasteiger partial charge in [0.15, 0.2) is 0 Å². The minimum atomic E-state index is 1.07. The predicted molar refractivity (Wildman–Crippen MR) is 85.4 cm³/mol. The van der Waals surface area contributed by atoms with Crippen molar-refractivity contribution in [3.05, 3.63) is 20.8 Å². The first kappa shape index (κ1) is 16.2. The molecule has 1 aromatic heterocycles. The van der Waals surface area contributed by atoms with Crippen LogP contribution in [0.4, 0.5) is 0 Å². The van der Waals surface area contributed by atoms with Gasteiger partial charge >= 0.3 is 0 Å². The summed E-state index contributed by atoms with van der Waals surface area (Å²) in [5, 5.41) is 5.60. The van der Waals surface area contributed by atoms with E-state index in [1.54, 1.807) is 11.3 Å². The molecule has 0 spiro atoms. The number of hydrogen-bond donors (Lipinski definition) is 1. The predicted octanol–water partition coefficient (Wildman–Crippen LogP) is 4.11. The highest BCUT2D eigenvalue weighted by molar-refractivity contribution is 9.11. The smallest absolute Gasteiger partial charge is 0.0701 e. The van der Waals surface area contributed by atoms with Crippen molar-refractivity contribution in [2.75, 3.05) is 26.7 Å². The average molecular weight is 333 g/mol. The normalized spacial score (nSPS) is 11.3. The van der Waals surface area contributed by atoms with E-state index in [1.807, 2.05) is 0 Å². The number of rotatable bonds is 10.